The van der Waals surface area contributed by atoms with Gasteiger partial charge in [-0.3, -0.25) is 0 Å². The summed E-state index contributed by atoms with van der Waals surface area (Å²) < 4.78 is 24.5. The molecule has 0 saturated heterocycles. The summed E-state index contributed by atoms with van der Waals surface area (Å²) in [5.41, 5.74) is 0.615. The minimum absolute atomic E-state index is 0.0569. The Morgan fingerprint density at radius 2 is 1.72 bits per heavy atom. The number of hydrogen-bond donors (Lipinski definition) is 1. The van der Waals surface area contributed by atoms with Crippen LogP contribution in [0.5, 0.6) is 0 Å². The van der Waals surface area contributed by atoms with Crippen molar-refractivity contribution < 1.29 is 23.5 Å². The Bertz CT molecular complexity index is 1140. The second-order valence-corrected chi connectivity index (χ2v) is 8.19. The van der Waals surface area contributed by atoms with Crippen LogP contribution in [0.3, 0.4) is 0 Å². The average Bonchev–Trinajstić information content (AvgIpc) is 2.72. The number of methoxy groups -OCH3 is 1. The Hall–Kier alpha value is -3.52. The van der Waals surface area contributed by atoms with E-state index in [-0.39, 0.29) is 27.7 Å². The van der Waals surface area contributed by atoms with Gasteiger partial charge >= 0.3 is 11.9 Å². The predicted molar refractivity (Wildman–Crippen MR) is 119 cm³/mol. The molecule has 7 nitrogen and oxygen atoms in total. The van der Waals surface area contributed by atoms with Crippen LogP contribution in [0.2, 0.25) is 5.02 Å². The number of nitrogens with one attached hydrogen (secondary N) is 1. The maximum atomic E-state index is 14.3. The lowest BCUT2D eigenvalue weighted by Gasteiger charge is -2.19. The molecule has 0 radical (unpaired) electrons. The van der Waals surface area contributed by atoms with Crippen LogP contribution in [-0.4, -0.2) is 34.8 Å². The number of carbonyl (C=O) groups excluding carboxylic acids is 2. The highest BCUT2D eigenvalue weighted by Gasteiger charge is 2.20. The van der Waals surface area contributed by atoms with E-state index in [4.69, 9.17) is 21.1 Å². The summed E-state index contributed by atoms with van der Waals surface area (Å²) in [6, 6.07) is 12.1. The van der Waals surface area contributed by atoms with Gasteiger partial charge in [0.25, 0.3) is 0 Å². The second-order valence-electron chi connectivity index (χ2n) is 7.78. The van der Waals surface area contributed by atoms with E-state index in [2.05, 4.69) is 15.5 Å². The lowest BCUT2D eigenvalue weighted by atomic mass is 10.1. The highest BCUT2D eigenvalue weighted by molar-refractivity contribution is 6.33. The van der Waals surface area contributed by atoms with E-state index >= 15 is 0 Å². The van der Waals surface area contributed by atoms with Crippen molar-refractivity contribution >= 4 is 34.9 Å². The molecule has 1 aromatic heterocycles. The van der Waals surface area contributed by atoms with Gasteiger partial charge in [0.15, 0.2) is 5.69 Å². The van der Waals surface area contributed by atoms with Gasteiger partial charge in [0, 0.05) is 5.69 Å². The molecule has 9 heteroatoms. The number of aromatic nitrogens is 2. The molecular weight excluding hydrogens is 437 g/mol. The first-order valence-corrected chi connectivity index (χ1v) is 9.97. The fraction of sp³-hybridized carbons (Fsp3) is 0.217. The molecule has 1 N–H and O–H groups in total. The zero-order valence-electron chi connectivity index (χ0n) is 17.9. The monoisotopic (exact) mass is 457 g/mol. The summed E-state index contributed by atoms with van der Waals surface area (Å²) in [5.74, 6) is -1.76. The van der Waals surface area contributed by atoms with Crippen LogP contribution in [0.4, 0.5) is 15.8 Å². The molecule has 2 aromatic carbocycles. The molecular formula is C23H21ClFN3O4. The summed E-state index contributed by atoms with van der Waals surface area (Å²) in [6.45, 7) is 5.35. The van der Waals surface area contributed by atoms with Crippen LogP contribution in [-0.2, 0) is 9.47 Å². The quantitative estimate of drug-likeness (QED) is 0.511. The van der Waals surface area contributed by atoms with Gasteiger partial charge in [0.2, 0.25) is 0 Å². The van der Waals surface area contributed by atoms with Gasteiger partial charge < -0.3 is 14.8 Å². The zero-order valence-corrected chi connectivity index (χ0v) is 18.7. The topological polar surface area (TPSA) is 90.4 Å². The van der Waals surface area contributed by atoms with Crippen LogP contribution in [0.1, 0.15) is 41.6 Å². The van der Waals surface area contributed by atoms with E-state index in [0.717, 1.165) is 0 Å². The second kappa shape index (κ2) is 9.32. The number of benzene rings is 2. The molecule has 32 heavy (non-hydrogen) atoms. The Kier molecular flexibility index (Phi) is 6.74. The highest BCUT2D eigenvalue weighted by atomic mass is 35.5. The molecule has 1 heterocycles. The van der Waals surface area contributed by atoms with E-state index in [1.807, 2.05) is 0 Å². The minimum atomic E-state index is -0.725. The molecule has 3 aromatic rings. The molecule has 0 bridgehead atoms. The van der Waals surface area contributed by atoms with Crippen LogP contribution in [0.15, 0.2) is 48.5 Å². The molecule has 0 aliphatic carbocycles. The summed E-state index contributed by atoms with van der Waals surface area (Å²) >= 11 is 6.14. The van der Waals surface area contributed by atoms with Crippen molar-refractivity contribution in [3.05, 3.63) is 70.6 Å². The third kappa shape index (κ3) is 5.39. The van der Waals surface area contributed by atoms with E-state index in [1.54, 1.807) is 45.0 Å². The van der Waals surface area contributed by atoms with Gasteiger partial charge in [0.1, 0.15) is 11.4 Å². The number of esters is 2. The van der Waals surface area contributed by atoms with Crippen molar-refractivity contribution in [3.63, 3.8) is 0 Å². The number of ether oxygens (including phenoxy) is 2. The van der Waals surface area contributed by atoms with Crippen molar-refractivity contribution in [2.75, 3.05) is 12.4 Å². The number of rotatable bonds is 5. The van der Waals surface area contributed by atoms with Crippen LogP contribution < -0.4 is 5.32 Å². The van der Waals surface area contributed by atoms with Crippen molar-refractivity contribution in [1.29, 1.82) is 0 Å². The summed E-state index contributed by atoms with van der Waals surface area (Å²) in [5, 5.41) is 11.0. The van der Waals surface area contributed by atoms with Crippen molar-refractivity contribution in [1.82, 2.24) is 10.2 Å². The molecule has 3 rings (SSSR count). The smallest absolute Gasteiger partial charge is 0.360 e. The van der Waals surface area contributed by atoms with Crippen LogP contribution >= 0.6 is 11.6 Å². The van der Waals surface area contributed by atoms with Crippen LogP contribution in [0.25, 0.3) is 11.3 Å². The number of carbonyl (C=O) groups is 2. The number of hydrogen-bond acceptors (Lipinski definition) is 7. The predicted octanol–water partition coefficient (Wildman–Crippen LogP) is 5.42. The van der Waals surface area contributed by atoms with Gasteiger partial charge in [-0.1, -0.05) is 17.7 Å². The van der Waals surface area contributed by atoms with Crippen LogP contribution in [0, 0.1) is 5.82 Å². The third-order valence-corrected chi connectivity index (χ3v) is 4.51. The summed E-state index contributed by atoms with van der Waals surface area (Å²) in [6.07, 6.45) is 0. The van der Waals surface area contributed by atoms with Gasteiger partial charge in [-0.2, -0.15) is 0 Å². The summed E-state index contributed by atoms with van der Waals surface area (Å²) in [4.78, 5) is 24.4. The largest absolute Gasteiger partial charge is 0.464 e. The molecule has 0 atom stereocenters. The molecule has 0 spiro atoms. The molecule has 0 aliphatic rings. The zero-order chi connectivity index (χ0) is 23.5. The van der Waals surface area contributed by atoms with Gasteiger partial charge in [-0.25, -0.2) is 14.0 Å². The average molecular weight is 458 g/mol. The van der Waals surface area contributed by atoms with Gasteiger partial charge in [-0.05, 0) is 63.2 Å². The number of anilines is 2. The van der Waals surface area contributed by atoms with E-state index < -0.39 is 23.4 Å². The fourth-order valence-electron chi connectivity index (χ4n) is 2.78. The maximum absolute atomic E-state index is 14.3. The Morgan fingerprint density at radius 1 is 1.03 bits per heavy atom. The van der Waals surface area contributed by atoms with Gasteiger partial charge in [0.05, 0.1) is 34.6 Å². The van der Waals surface area contributed by atoms with Crippen molar-refractivity contribution in [2.24, 2.45) is 0 Å². The minimum Gasteiger partial charge on any atom is -0.464 e. The Labute approximate surface area is 189 Å². The molecule has 0 aliphatic heterocycles. The first-order valence-electron chi connectivity index (χ1n) is 9.60. The van der Waals surface area contributed by atoms with Crippen molar-refractivity contribution in [2.45, 2.75) is 26.4 Å². The Balaban J connectivity index is 1.95. The Morgan fingerprint density at radius 3 is 2.31 bits per heavy atom. The van der Waals surface area contributed by atoms with Crippen molar-refractivity contribution in [3.8, 4) is 11.3 Å². The number of nitrogens with zero attached hydrogens (tertiary/aromatic N) is 2. The van der Waals surface area contributed by atoms with E-state index in [9.17, 15) is 14.0 Å². The first-order chi connectivity index (χ1) is 15.1. The molecule has 0 amide bonds. The molecule has 166 valence electrons. The van der Waals surface area contributed by atoms with Gasteiger partial charge in [-0.15, -0.1) is 10.2 Å². The molecule has 0 unspecified atom stereocenters. The third-order valence-electron chi connectivity index (χ3n) is 4.19. The number of halogens is 2. The molecule has 0 saturated carbocycles. The van der Waals surface area contributed by atoms with E-state index in [0.29, 0.717) is 11.3 Å². The first kappa shape index (κ1) is 23.1. The SMILES string of the molecule is COC(=O)c1nnc(-c2c(F)cccc2Cl)cc1Nc1ccc(C(=O)OC(C)(C)C)cc1. The lowest BCUT2D eigenvalue weighted by Crippen LogP contribution is -2.23. The fourth-order valence-corrected chi connectivity index (χ4v) is 3.04. The summed E-state index contributed by atoms with van der Waals surface area (Å²) in [7, 11) is 1.21. The maximum Gasteiger partial charge on any atom is 0.360 e. The lowest BCUT2D eigenvalue weighted by molar-refractivity contribution is 0.00693. The highest BCUT2D eigenvalue weighted by Crippen LogP contribution is 2.32. The van der Waals surface area contributed by atoms with E-state index in [1.165, 1.54) is 31.4 Å². The normalized spacial score (nSPS) is 11.1. The molecule has 0 fully saturated rings. The standard InChI is InChI=1S/C23H21ClFN3O4/c1-23(2,3)32-21(29)13-8-10-14(11-9-13)26-18-12-17(27-28-20(18)22(30)31-4)19-15(24)6-5-7-16(19)25/h5-12H,1-4H3,(H,26,27).